The first kappa shape index (κ1) is 20.5. The summed E-state index contributed by atoms with van der Waals surface area (Å²) in [6.45, 7) is 4.17. The van der Waals surface area contributed by atoms with E-state index in [-0.39, 0.29) is 16.6 Å². The van der Waals surface area contributed by atoms with Crippen LogP contribution in [0.2, 0.25) is 0 Å². The molecular formula is C18H16Br2N2O3S. The van der Waals surface area contributed by atoms with Crippen LogP contribution in [0, 0.1) is 0 Å². The SMILES string of the molecule is CC(C)c1ccc(C(=O)NC(=S)Nc2c(Br)cc(C(=O)O)cc2Br)cc1. The number of carbonyl (C=O) groups is 2. The smallest absolute Gasteiger partial charge is 0.335 e. The van der Waals surface area contributed by atoms with Crippen molar-refractivity contribution in [2.45, 2.75) is 19.8 Å². The second-order valence-electron chi connectivity index (χ2n) is 5.81. The van der Waals surface area contributed by atoms with Gasteiger partial charge in [-0.25, -0.2) is 4.79 Å². The Bertz CT molecular complexity index is 844. The summed E-state index contributed by atoms with van der Waals surface area (Å²) in [7, 11) is 0. The van der Waals surface area contributed by atoms with Crippen molar-refractivity contribution in [3.8, 4) is 0 Å². The van der Waals surface area contributed by atoms with Crippen LogP contribution < -0.4 is 10.6 Å². The van der Waals surface area contributed by atoms with Gasteiger partial charge in [0.25, 0.3) is 5.91 Å². The Morgan fingerprint density at radius 2 is 1.58 bits per heavy atom. The molecule has 0 bridgehead atoms. The lowest BCUT2D eigenvalue weighted by Gasteiger charge is -2.14. The molecule has 0 spiro atoms. The highest BCUT2D eigenvalue weighted by atomic mass is 79.9. The van der Waals surface area contributed by atoms with Gasteiger partial charge in [0.15, 0.2) is 5.11 Å². The van der Waals surface area contributed by atoms with E-state index >= 15 is 0 Å². The van der Waals surface area contributed by atoms with Gasteiger partial charge < -0.3 is 10.4 Å². The molecule has 0 aliphatic rings. The van der Waals surface area contributed by atoms with Gasteiger partial charge in [0.2, 0.25) is 0 Å². The number of carbonyl (C=O) groups excluding carboxylic acids is 1. The summed E-state index contributed by atoms with van der Waals surface area (Å²) >= 11 is 11.8. The number of hydrogen-bond acceptors (Lipinski definition) is 3. The van der Waals surface area contributed by atoms with Crippen LogP contribution in [0.4, 0.5) is 5.69 Å². The highest BCUT2D eigenvalue weighted by Crippen LogP contribution is 2.32. The predicted octanol–water partition coefficient (Wildman–Crippen LogP) is 5.16. The first-order valence-electron chi connectivity index (χ1n) is 7.63. The van der Waals surface area contributed by atoms with Gasteiger partial charge in [-0.15, -0.1) is 0 Å². The summed E-state index contributed by atoms with van der Waals surface area (Å²) < 4.78 is 1.00. The van der Waals surface area contributed by atoms with Crippen molar-refractivity contribution in [2.75, 3.05) is 5.32 Å². The zero-order valence-electron chi connectivity index (χ0n) is 14.0. The first-order valence-corrected chi connectivity index (χ1v) is 9.63. The zero-order chi connectivity index (χ0) is 19.4. The molecule has 1 amide bonds. The Hall–Kier alpha value is -1.77. The van der Waals surface area contributed by atoms with Crippen molar-refractivity contribution in [3.63, 3.8) is 0 Å². The summed E-state index contributed by atoms with van der Waals surface area (Å²) in [6.07, 6.45) is 0. The number of rotatable bonds is 4. The van der Waals surface area contributed by atoms with Crippen molar-refractivity contribution in [1.82, 2.24) is 5.32 Å². The van der Waals surface area contributed by atoms with E-state index in [1.165, 1.54) is 12.1 Å². The maximum Gasteiger partial charge on any atom is 0.335 e. The second kappa shape index (κ2) is 8.75. The molecule has 0 heterocycles. The Labute approximate surface area is 173 Å². The minimum Gasteiger partial charge on any atom is -0.478 e. The van der Waals surface area contributed by atoms with E-state index in [1.807, 2.05) is 12.1 Å². The molecule has 2 aromatic carbocycles. The molecule has 0 unspecified atom stereocenters. The lowest BCUT2D eigenvalue weighted by atomic mass is 10.0. The van der Waals surface area contributed by atoms with Gasteiger partial charge >= 0.3 is 5.97 Å². The molecule has 8 heteroatoms. The third kappa shape index (κ3) is 5.12. The Kier molecular flexibility index (Phi) is 6.91. The van der Waals surface area contributed by atoms with Gasteiger partial charge in [0, 0.05) is 14.5 Å². The number of anilines is 1. The van der Waals surface area contributed by atoms with Crippen LogP contribution in [0.15, 0.2) is 45.3 Å². The molecule has 0 atom stereocenters. The molecule has 3 N–H and O–H groups in total. The third-order valence-electron chi connectivity index (χ3n) is 3.59. The van der Waals surface area contributed by atoms with Crippen LogP contribution in [0.3, 0.4) is 0 Å². The minimum absolute atomic E-state index is 0.104. The van der Waals surface area contributed by atoms with Gasteiger partial charge in [0.1, 0.15) is 0 Å². The van der Waals surface area contributed by atoms with Crippen LogP contribution in [-0.4, -0.2) is 22.1 Å². The van der Waals surface area contributed by atoms with Crippen molar-refractivity contribution < 1.29 is 14.7 Å². The molecule has 0 saturated heterocycles. The molecule has 0 aliphatic heterocycles. The molecule has 2 rings (SSSR count). The van der Waals surface area contributed by atoms with E-state index in [2.05, 4.69) is 56.3 Å². The minimum atomic E-state index is -1.04. The Balaban J connectivity index is 2.09. The van der Waals surface area contributed by atoms with Crippen LogP contribution >= 0.6 is 44.1 Å². The first-order chi connectivity index (χ1) is 12.2. The fourth-order valence-corrected chi connectivity index (χ4v) is 3.73. The van der Waals surface area contributed by atoms with Crippen molar-refractivity contribution in [2.24, 2.45) is 0 Å². The van der Waals surface area contributed by atoms with E-state index in [4.69, 9.17) is 17.3 Å². The molecular weight excluding hydrogens is 484 g/mol. The average Bonchev–Trinajstić information content (AvgIpc) is 2.57. The molecule has 136 valence electrons. The second-order valence-corrected chi connectivity index (χ2v) is 7.92. The van der Waals surface area contributed by atoms with Gasteiger partial charge in [-0.05, 0) is 79.8 Å². The van der Waals surface area contributed by atoms with Crippen LogP contribution in [-0.2, 0) is 0 Å². The topological polar surface area (TPSA) is 78.4 Å². The molecule has 0 aliphatic carbocycles. The predicted molar refractivity (Wildman–Crippen MR) is 113 cm³/mol. The van der Waals surface area contributed by atoms with Gasteiger partial charge in [-0.2, -0.15) is 0 Å². The number of carboxylic acid groups (broad SMARTS) is 1. The number of benzene rings is 2. The summed E-state index contributed by atoms with van der Waals surface area (Å²) in [6, 6.07) is 10.2. The quantitative estimate of drug-likeness (QED) is 0.506. The van der Waals surface area contributed by atoms with Gasteiger partial charge in [-0.1, -0.05) is 26.0 Å². The third-order valence-corrected chi connectivity index (χ3v) is 5.05. The van der Waals surface area contributed by atoms with Crippen molar-refractivity contribution in [1.29, 1.82) is 0 Å². The standard InChI is InChI=1S/C18H16Br2N2O3S/c1-9(2)10-3-5-11(6-4-10)16(23)22-18(26)21-15-13(19)7-12(17(24)25)8-14(15)20/h3-9H,1-2H3,(H,24,25)(H2,21,22,23,26). The van der Waals surface area contributed by atoms with E-state index in [0.29, 0.717) is 26.1 Å². The number of amides is 1. The van der Waals surface area contributed by atoms with Crippen molar-refractivity contribution >= 4 is 66.8 Å². The maximum absolute atomic E-state index is 12.3. The fourth-order valence-electron chi connectivity index (χ4n) is 2.16. The largest absolute Gasteiger partial charge is 0.478 e. The summed E-state index contributed by atoms with van der Waals surface area (Å²) in [5.74, 6) is -0.982. The Morgan fingerprint density at radius 1 is 1.04 bits per heavy atom. The highest BCUT2D eigenvalue weighted by Gasteiger charge is 2.14. The zero-order valence-corrected chi connectivity index (χ0v) is 18.0. The normalized spacial score (nSPS) is 10.5. The summed E-state index contributed by atoms with van der Waals surface area (Å²) in [5.41, 5.74) is 2.29. The highest BCUT2D eigenvalue weighted by molar-refractivity contribution is 9.11. The average molecular weight is 500 g/mol. The van der Waals surface area contributed by atoms with E-state index in [1.54, 1.807) is 12.1 Å². The van der Waals surface area contributed by atoms with E-state index in [9.17, 15) is 9.59 Å². The number of aromatic carboxylic acids is 1. The number of carboxylic acids is 1. The number of halogens is 2. The maximum atomic E-state index is 12.3. The molecule has 0 aromatic heterocycles. The van der Waals surface area contributed by atoms with Crippen LogP contribution in [0.1, 0.15) is 46.0 Å². The van der Waals surface area contributed by atoms with Crippen LogP contribution in [0.5, 0.6) is 0 Å². The van der Waals surface area contributed by atoms with E-state index < -0.39 is 5.97 Å². The molecule has 0 fully saturated rings. The lowest BCUT2D eigenvalue weighted by Crippen LogP contribution is -2.34. The molecule has 2 aromatic rings. The van der Waals surface area contributed by atoms with Crippen molar-refractivity contribution in [3.05, 3.63) is 62.0 Å². The molecule has 5 nitrogen and oxygen atoms in total. The van der Waals surface area contributed by atoms with Gasteiger partial charge in [-0.3, -0.25) is 10.1 Å². The number of hydrogen-bond donors (Lipinski definition) is 3. The molecule has 0 radical (unpaired) electrons. The summed E-state index contributed by atoms with van der Waals surface area (Å²) in [5, 5.41) is 14.7. The van der Waals surface area contributed by atoms with E-state index in [0.717, 1.165) is 5.56 Å². The van der Waals surface area contributed by atoms with Crippen LogP contribution in [0.25, 0.3) is 0 Å². The number of nitrogens with one attached hydrogen (secondary N) is 2. The molecule has 0 saturated carbocycles. The molecule has 26 heavy (non-hydrogen) atoms. The van der Waals surface area contributed by atoms with Gasteiger partial charge in [0.05, 0.1) is 11.3 Å². The monoisotopic (exact) mass is 498 g/mol. The summed E-state index contributed by atoms with van der Waals surface area (Å²) in [4.78, 5) is 23.4. The fraction of sp³-hybridized carbons (Fsp3) is 0.167. The number of thiocarbonyl (C=S) groups is 1. The Morgan fingerprint density at radius 3 is 2.04 bits per heavy atom. The lowest BCUT2D eigenvalue weighted by molar-refractivity contribution is 0.0696.